The van der Waals surface area contributed by atoms with Gasteiger partial charge in [0.2, 0.25) is 5.91 Å². The summed E-state index contributed by atoms with van der Waals surface area (Å²) in [4.78, 5) is 15.6. The molecule has 0 radical (unpaired) electrons. The van der Waals surface area contributed by atoms with Crippen molar-refractivity contribution in [2.24, 2.45) is 4.99 Å². The van der Waals surface area contributed by atoms with E-state index in [0.717, 1.165) is 0 Å². The average Bonchev–Trinajstić information content (AvgIpc) is 2.92. The fourth-order valence-corrected chi connectivity index (χ4v) is 1.24. The van der Waals surface area contributed by atoms with E-state index in [-0.39, 0.29) is 18.0 Å². The summed E-state index contributed by atoms with van der Waals surface area (Å²) in [6.07, 6.45) is 2.38. The first-order valence-electron chi connectivity index (χ1n) is 5.69. The summed E-state index contributed by atoms with van der Waals surface area (Å²) in [6, 6.07) is 0.539. The van der Waals surface area contributed by atoms with Crippen molar-refractivity contribution in [3.63, 3.8) is 0 Å². The number of guanidine groups is 1. The van der Waals surface area contributed by atoms with Crippen LogP contribution < -0.4 is 16.0 Å². The first kappa shape index (κ1) is 12.8. The highest BCUT2D eigenvalue weighted by molar-refractivity contribution is 5.86. The molecule has 0 spiro atoms. The summed E-state index contributed by atoms with van der Waals surface area (Å²) in [5.41, 5.74) is -0.188. The predicted molar refractivity (Wildman–Crippen MR) is 65.4 cm³/mol. The molecule has 16 heavy (non-hydrogen) atoms. The van der Waals surface area contributed by atoms with Crippen molar-refractivity contribution in [2.45, 2.75) is 45.2 Å². The Hall–Kier alpha value is -1.26. The SMILES string of the molecule is CN=C(NCC(=O)NC(C)(C)C)NC1CC1. The fourth-order valence-electron chi connectivity index (χ4n) is 1.24. The standard InChI is InChI=1S/C11H22N4O/c1-11(2,3)15-9(16)7-13-10(12-4)14-8-5-6-8/h8H,5-7H2,1-4H3,(H,15,16)(H2,12,13,14). The van der Waals surface area contributed by atoms with Gasteiger partial charge in [-0.1, -0.05) is 0 Å². The highest BCUT2D eigenvalue weighted by Gasteiger charge is 2.22. The van der Waals surface area contributed by atoms with E-state index in [1.807, 2.05) is 20.8 Å². The van der Waals surface area contributed by atoms with Gasteiger partial charge < -0.3 is 16.0 Å². The van der Waals surface area contributed by atoms with E-state index < -0.39 is 0 Å². The van der Waals surface area contributed by atoms with Crippen molar-refractivity contribution in [1.82, 2.24) is 16.0 Å². The van der Waals surface area contributed by atoms with Crippen molar-refractivity contribution >= 4 is 11.9 Å². The lowest BCUT2D eigenvalue weighted by atomic mass is 10.1. The number of nitrogens with zero attached hydrogens (tertiary/aromatic N) is 1. The quantitative estimate of drug-likeness (QED) is 0.477. The van der Waals surface area contributed by atoms with Crippen LogP contribution in [0.3, 0.4) is 0 Å². The molecule has 0 aliphatic heterocycles. The highest BCUT2D eigenvalue weighted by Crippen LogP contribution is 2.18. The van der Waals surface area contributed by atoms with Gasteiger partial charge in [-0.05, 0) is 33.6 Å². The minimum atomic E-state index is -0.188. The first-order valence-corrected chi connectivity index (χ1v) is 5.69. The second kappa shape index (κ2) is 5.18. The fraction of sp³-hybridized carbons (Fsp3) is 0.818. The zero-order valence-corrected chi connectivity index (χ0v) is 10.6. The van der Waals surface area contributed by atoms with Gasteiger partial charge in [-0.15, -0.1) is 0 Å². The van der Waals surface area contributed by atoms with E-state index in [1.54, 1.807) is 7.05 Å². The molecule has 3 N–H and O–H groups in total. The monoisotopic (exact) mass is 226 g/mol. The van der Waals surface area contributed by atoms with Crippen LogP contribution in [0.1, 0.15) is 33.6 Å². The van der Waals surface area contributed by atoms with Crippen molar-refractivity contribution in [1.29, 1.82) is 0 Å². The van der Waals surface area contributed by atoms with Gasteiger partial charge in [-0.25, -0.2) is 0 Å². The Morgan fingerprint density at radius 1 is 1.38 bits per heavy atom. The lowest BCUT2D eigenvalue weighted by Crippen LogP contribution is -2.48. The normalized spacial score (nSPS) is 16.9. The Balaban J connectivity index is 2.23. The highest BCUT2D eigenvalue weighted by atomic mass is 16.2. The number of hydrogen-bond acceptors (Lipinski definition) is 2. The molecule has 0 saturated heterocycles. The lowest BCUT2D eigenvalue weighted by molar-refractivity contribution is -0.121. The molecular formula is C11H22N4O. The third kappa shape index (κ3) is 5.58. The van der Waals surface area contributed by atoms with Gasteiger partial charge in [0.15, 0.2) is 5.96 Å². The maximum Gasteiger partial charge on any atom is 0.239 e. The predicted octanol–water partition coefficient (Wildman–Crippen LogP) is 0.229. The molecule has 0 unspecified atom stereocenters. The Kier molecular flexibility index (Phi) is 4.15. The molecule has 1 aliphatic carbocycles. The Bertz CT molecular complexity index is 276. The minimum absolute atomic E-state index is 0.0220. The number of amides is 1. The van der Waals surface area contributed by atoms with E-state index in [9.17, 15) is 4.79 Å². The van der Waals surface area contributed by atoms with Crippen molar-refractivity contribution in [2.75, 3.05) is 13.6 Å². The van der Waals surface area contributed by atoms with Crippen LogP contribution in [0.2, 0.25) is 0 Å². The lowest BCUT2D eigenvalue weighted by Gasteiger charge is -2.21. The molecule has 5 nitrogen and oxygen atoms in total. The molecule has 0 atom stereocenters. The van der Waals surface area contributed by atoms with Gasteiger partial charge in [-0.3, -0.25) is 9.79 Å². The summed E-state index contributed by atoms with van der Waals surface area (Å²) >= 11 is 0. The molecule has 92 valence electrons. The summed E-state index contributed by atoms with van der Waals surface area (Å²) in [5, 5.41) is 9.09. The van der Waals surface area contributed by atoms with Crippen molar-refractivity contribution < 1.29 is 4.79 Å². The summed E-state index contributed by atoms with van der Waals surface area (Å²) in [6.45, 7) is 6.14. The van der Waals surface area contributed by atoms with E-state index in [1.165, 1.54) is 12.8 Å². The Morgan fingerprint density at radius 3 is 2.44 bits per heavy atom. The van der Waals surface area contributed by atoms with Crippen molar-refractivity contribution in [3.05, 3.63) is 0 Å². The number of carbonyl (C=O) groups is 1. The van der Waals surface area contributed by atoms with Crippen LogP contribution in [0.5, 0.6) is 0 Å². The van der Waals surface area contributed by atoms with Crippen LogP contribution in [-0.4, -0.2) is 37.0 Å². The number of aliphatic imine (C=N–C) groups is 1. The molecule has 5 heteroatoms. The Morgan fingerprint density at radius 2 is 2.00 bits per heavy atom. The maximum absolute atomic E-state index is 11.5. The molecular weight excluding hydrogens is 204 g/mol. The second-order valence-electron chi connectivity index (χ2n) is 5.14. The second-order valence-corrected chi connectivity index (χ2v) is 5.14. The molecule has 1 saturated carbocycles. The van der Waals surface area contributed by atoms with Gasteiger partial charge in [0.05, 0.1) is 6.54 Å². The Labute approximate surface area is 97.1 Å². The molecule has 0 bridgehead atoms. The first-order chi connectivity index (χ1) is 7.40. The third-order valence-electron chi connectivity index (χ3n) is 2.07. The minimum Gasteiger partial charge on any atom is -0.354 e. The topological polar surface area (TPSA) is 65.5 Å². The molecule has 0 aromatic rings. The van der Waals surface area contributed by atoms with Gasteiger partial charge in [0, 0.05) is 18.6 Å². The maximum atomic E-state index is 11.5. The van der Waals surface area contributed by atoms with E-state index in [0.29, 0.717) is 12.0 Å². The third-order valence-corrected chi connectivity index (χ3v) is 2.07. The average molecular weight is 226 g/mol. The summed E-state index contributed by atoms with van der Waals surface area (Å²) in [5.74, 6) is 0.679. The van der Waals surface area contributed by atoms with Crippen molar-refractivity contribution in [3.8, 4) is 0 Å². The van der Waals surface area contributed by atoms with Crippen LogP contribution >= 0.6 is 0 Å². The van der Waals surface area contributed by atoms with E-state index in [2.05, 4.69) is 20.9 Å². The molecule has 0 heterocycles. The summed E-state index contributed by atoms with van der Waals surface area (Å²) in [7, 11) is 1.71. The number of hydrogen-bond donors (Lipinski definition) is 3. The van der Waals surface area contributed by atoms with Gasteiger partial charge in [0.25, 0.3) is 0 Å². The largest absolute Gasteiger partial charge is 0.354 e. The zero-order chi connectivity index (χ0) is 12.2. The van der Waals surface area contributed by atoms with Crippen LogP contribution in [0.4, 0.5) is 0 Å². The zero-order valence-electron chi connectivity index (χ0n) is 10.6. The number of carbonyl (C=O) groups excluding carboxylic acids is 1. The van der Waals surface area contributed by atoms with Gasteiger partial charge in [0.1, 0.15) is 0 Å². The van der Waals surface area contributed by atoms with E-state index in [4.69, 9.17) is 0 Å². The molecule has 1 rings (SSSR count). The van der Waals surface area contributed by atoms with E-state index >= 15 is 0 Å². The van der Waals surface area contributed by atoms with Crippen LogP contribution in [0.25, 0.3) is 0 Å². The van der Waals surface area contributed by atoms with Crippen LogP contribution in [0.15, 0.2) is 4.99 Å². The molecule has 0 aromatic heterocycles. The van der Waals surface area contributed by atoms with Gasteiger partial charge in [-0.2, -0.15) is 0 Å². The number of rotatable bonds is 3. The molecule has 1 aliphatic rings. The number of nitrogens with one attached hydrogen (secondary N) is 3. The van der Waals surface area contributed by atoms with Crippen LogP contribution in [-0.2, 0) is 4.79 Å². The summed E-state index contributed by atoms with van der Waals surface area (Å²) < 4.78 is 0. The molecule has 1 amide bonds. The molecule has 0 aromatic carbocycles. The smallest absolute Gasteiger partial charge is 0.239 e. The van der Waals surface area contributed by atoms with Crippen LogP contribution in [0, 0.1) is 0 Å². The molecule has 1 fully saturated rings. The van der Waals surface area contributed by atoms with Gasteiger partial charge >= 0.3 is 0 Å².